The van der Waals surface area contributed by atoms with E-state index >= 15 is 0 Å². The molecule has 0 spiro atoms. The number of amides is 2. The van der Waals surface area contributed by atoms with Gasteiger partial charge in [0.25, 0.3) is 17.3 Å². The topological polar surface area (TPSA) is 110 Å². The molecule has 2 aromatic rings. The quantitative estimate of drug-likeness (QED) is 0.468. The zero-order valence-corrected chi connectivity index (χ0v) is 25.4. The minimum atomic E-state index is -0.951. The standard InChI is InChI=1S/C30H40ClN3O6/c1-16-13-17(2)33-27(36)22(16)15-32-26(35)21-14-23(31)25-24(18(21)3)38-30(7,39-25)19-9-11-20(12-10-19)34(8)28(37)40-29(4,5)6/h13-14,19-20H,9-12,15H2,1-8H3,(H,32,35)(H,33,36). The zero-order chi connectivity index (χ0) is 29.6. The average Bonchev–Trinajstić information content (AvgIpc) is 3.24. The molecule has 218 valence electrons. The minimum absolute atomic E-state index is 0.0622. The van der Waals surface area contributed by atoms with Gasteiger partial charge in [0, 0.05) is 54.9 Å². The number of carbonyl (C=O) groups excluding carboxylic acids is 2. The lowest BCUT2D eigenvalue weighted by Crippen LogP contribution is -2.48. The number of ether oxygens (including phenoxy) is 3. The number of aromatic amines is 1. The van der Waals surface area contributed by atoms with Gasteiger partial charge in [0.05, 0.1) is 5.02 Å². The molecule has 1 aromatic carbocycles. The predicted molar refractivity (Wildman–Crippen MR) is 153 cm³/mol. The maximum atomic E-state index is 13.2. The molecule has 40 heavy (non-hydrogen) atoms. The van der Waals surface area contributed by atoms with E-state index in [9.17, 15) is 14.4 Å². The Labute approximate surface area is 240 Å². The Kier molecular flexibility index (Phi) is 8.18. The van der Waals surface area contributed by atoms with Gasteiger partial charge in [-0.05, 0) is 84.9 Å². The van der Waals surface area contributed by atoms with Gasteiger partial charge in [-0.25, -0.2) is 4.79 Å². The van der Waals surface area contributed by atoms with Crippen LogP contribution in [-0.2, 0) is 11.3 Å². The van der Waals surface area contributed by atoms with Gasteiger partial charge in [-0.15, -0.1) is 0 Å². The molecule has 1 unspecified atom stereocenters. The van der Waals surface area contributed by atoms with Crippen LogP contribution in [-0.4, -0.2) is 46.4 Å². The summed E-state index contributed by atoms with van der Waals surface area (Å²) in [5.74, 6) is -0.362. The molecule has 1 aliphatic heterocycles. The number of nitrogens with one attached hydrogen (secondary N) is 2. The molecule has 2 aliphatic rings. The third kappa shape index (κ3) is 6.09. The van der Waals surface area contributed by atoms with Crippen molar-refractivity contribution in [1.82, 2.24) is 15.2 Å². The number of aryl methyl sites for hydroxylation is 2. The van der Waals surface area contributed by atoms with E-state index in [-0.39, 0.29) is 41.1 Å². The number of benzene rings is 1. The van der Waals surface area contributed by atoms with Gasteiger partial charge < -0.3 is 29.4 Å². The molecule has 1 saturated carbocycles. The van der Waals surface area contributed by atoms with E-state index in [1.54, 1.807) is 24.9 Å². The molecule has 1 aliphatic carbocycles. The molecule has 1 fully saturated rings. The Morgan fingerprint density at radius 2 is 1.75 bits per heavy atom. The second-order valence-corrected chi connectivity index (χ2v) is 12.5. The number of rotatable bonds is 5. The summed E-state index contributed by atoms with van der Waals surface area (Å²) >= 11 is 6.60. The normalized spacial score (nSPS) is 22.1. The molecular formula is C30H40ClN3O6. The van der Waals surface area contributed by atoms with Crippen molar-refractivity contribution < 1.29 is 23.8 Å². The Bertz CT molecular complexity index is 1370. The molecule has 9 nitrogen and oxygen atoms in total. The van der Waals surface area contributed by atoms with E-state index < -0.39 is 11.4 Å². The number of fused-ring (bicyclic) bond motifs is 1. The van der Waals surface area contributed by atoms with Crippen molar-refractivity contribution in [3.05, 3.63) is 55.5 Å². The fraction of sp³-hybridized carbons (Fsp3) is 0.567. The summed E-state index contributed by atoms with van der Waals surface area (Å²) in [6.45, 7) is 13.0. The van der Waals surface area contributed by atoms with Crippen LogP contribution in [0.15, 0.2) is 16.9 Å². The van der Waals surface area contributed by atoms with Gasteiger partial charge in [0.1, 0.15) is 5.60 Å². The van der Waals surface area contributed by atoms with Crippen molar-refractivity contribution >= 4 is 23.6 Å². The zero-order valence-electron chi connectivity index (χ0n) is 24.6. The summed E-state index contributed by atoms with van der Waals surface area (Å²) in [6, 6.07) is 3.53. The van der Waals surface area contributed by atoms with Crippen LogP contribution >= 0.6 is 11.6 Å². The molecule has 0 radical (unpaired) electrons. The van der Waals surface area contributed by atoms with Crippen molar-refractivity contribution in [3.63, 3.8) is 0 Å². The average molecular weight is 574 g/mol. The molecule has 1 atom stereocenters. The number of hydrogen-bond acceptors (Lipinski definition) is 6. The second-order valence-electron chi connectivity index (χ2n) is 12.1. The van der Waals surface area contributed by atoms with Crippen molar-refractivity contribution in [1.29, 1.82) is 0 Å². The van der Waals surface area contributed by atoms with E-state index in [1.807, 2.05) is 47.6 Å². The highest BCUT2D eigenvalue weighted by Crippen LogP contribution is 2.51. The molecule has 1 aromatic heterocycles. The highest BCUT2D eigenvalue weighted by Gasteiger charge is 2.48. The number of H-pyrrole nitrogens is 1. The van der Waals surface area contributed by atoms with Gasteiger partial charge in [0.2, 0.25) is 0 Å². The van der Waals surface area contributed by atoms with Crippen LogP contribution in [0.25, 0.3) is 0 Å². The monoisotopic (exact) mass is 573 g/mol. The number of aromatic nitrogens is 1. The molecule has 2 heterocycles. The van der Waals surface area contributed by atoms with Gasteiger partial charge >= 0.3 is 6.09 Å². The summed E-state index contributed by atoms with van der Waals surface area (Å²) in [4.78, 5) is 42.5. The van der Waals surface area contributed by atoms with Crippen LogP contribution in [0.3, 0.4) is 0 Å². The Morgan fingerprint density at radius 3 is 2.35 bits per heavy atom. The van der Waals surface area contributed by atoms with Crippen molar-refractivity contribution in [2.24, 2.45) is 5.92 Å². The maximum absolute atomic E-state index is 13.2. The number of pyridine rings is 1. The summed E-state index contributed by atoms with van der Waals surface area (Å²) in [5.41, 5.74) is 2.29. The lowest BCUT2D eigenvalue weighted by Gasteiger charge is -2.40. The van der Waals surface area contributed by atoms with Gasteiger partial charge in [-0.2, -0.15) is 0 Å². The predicted octanol–water partition coefficient (Wildman–Crippen LogP) is 5.80. The van der Waals surface area contributed by atoms with E-state index in [4.69, 9.17) is 25.8 Å². The Morgan fingerprint density at radius 1 is 1.12 bits per heavy atom. The summed E-state index contributed by atoms with van der Waals surface area (Å²) < 4.78 is 18.3. The van der Waals surface area contributed by atoms with Crippen molar-refractivity contribution in [3.8, 4) is 11.5 Å². The fourth-order valence-corrected chi connectivity index (χ4v) is 5.82. The number of hydrogen-bond donors (Lipinski definition) is 2. The van der Waals surface area contributed by atoms with Gasteiger partial charge in [0.15, 0.2) is 11.5 Å². The van der Waals surface area contributed by atoms with Crippen LogP contribution in [0.4, 0.5) is 4.79 Å². The largest absolute Gasteiger partial charge is 0.448 e. The first-order valence-electron chi connectivity index (χ1n) is 13.7. The molecular weight excluding hydrogens is 534 g/mol. The first kappa shape index (κ1) is 29.8. The van der Waals surface area contributed by atoms with E-state index in [1.165, 1.54) is 0 Å². The minimum Gasteiger partial charge on any atom is -0.448 e. The van der Waals surface area contributed by atoms with Gasteiger partial charge in [-0.3, -0.25) is 9.59 Å². The highest BCUT2D eigenvalue weighted by atomic mass is 35.5. The first-order chi connectivity index (χ1) is 18.6. The Hall–Kier alpha value is -3.20. The summed E-state index contributed by atoms with van der Waals surface area (Å²) in [7, 11) is 1.78. The lowest BCUT2D eigenvalue weighted by atomic mass is 9.81. The molecule has 2 amide bonds. The number of nitrogens with zero attached hydrogens (tertiary/aromatic N) is 1. The van der Waals surface area contributed by atoms with Crippen LogP contribution in [0.1, 0.15) is 86.1 Å². The first-order valence-corrected chi connectivity index (χ1v) is 14.1. The van der Waals surface area contributed by atoms with Gasteiger partial charge in [-0.1, -0.05) is 11.6 Å². The van der Waals surface area contributed by atoms with Crippen molar-refractivity contribution in [2.75, 3.05) is 7.05 Å². The number of halogens is 1. The van der Waals surface area contributed by atoms with Crippen LogP contribution < -0.4 is 20.3 Å². The number of carbonyl (C=O) groups is 2. The van der Waals surface area contributed by atoms with Crippen LogP contribution in [0.2, 0.25) is 5.02 Å². The molecule has 4 rings (SSSR count). The van der Waals surface area contributed by atoms with Crippen molar-refractivity contribution in [2.45, 2.75) is 98.1 Å². The molecule has 10 heteroatoms. The second kappa shape index (κ2) is 11.0. The SMILES string of the molecule is Cc1cc(C)c(CNC(=O)c2cc(Cl)c3c(c2C)OC(C)(C2CCC(N(C)C(=O)OC(C)(C)C)CC2)O3)c(=O)[nH]1. The Balaban J connectivity index is 1.44. The maximum Gasteiger partial charge on any atom is 0.410 e. The van der Waals surface area contributed by atoms with Crippen LogP contribution in [0, 0.1) is 26.7 Å². The van der Waals surface area contributed by atoms with Crippen LogP contribution in [0.5, 0.6) is 11.5 Å². The molecule has 2 N–H and O–H groups in total. The van der Waals surface area contributed by atoms with E-state index in [0.717, 1.165) is 36.9 Å². The van der Waals surface area contributed by atoms with E-state index in [2.05, 4.69) is 10.3 Å². The third-order valence-corrected chi connectivity index (χ3v) is 8.16. The highest BCUT2D eigenvalue weighted by molar-refractivity contribution is 6.33. The lowest BCUT2D eigenvalue weighted by molar-refractivity contribution is -0.123. The third-order valence-electron chi connectivity index (χ3n) is 7.88. The molecule has 0 saturated heterocycles. The molecule has 0 bridgehead atoms. The summed E-state index contributed by atoms with van der Waals surface area (Å²) in [6.07, 6.45) is 2.83. The summed E-state index contributed by atoms with van der Waals surface area (Å²) in [5, 5.41) is 3.13. The smallest absolute Gasteiger partial charge is 0.410 e. The van der Waals surface area contributed by atoms with E-state index in [0.29, 0.717) is 28.2 Å². The fourth-order valence-electron chi connectivity index (χ4n) is 5.58.